The first-order chi connectivity index (χ1) is 11.9. The normalized spacial score (nSPS) is 21.5. The Morgan fingerprint density at radius 1 is 1.24 bits per heavy atom. The van der Waals surface area contributed by atoms with E-state index in [1.54, 1.807) is 23.9 Å². The van der Waals surface area contributed by atoms with Gasteiger partial charge < -0.3 is 21.3 Å². The highest BCUT2D eigenvalue weighted by Crippen LogP contribution is 2.35. The molecule has 0 aromatic heterocycles. The molecule has 2 unspecified atom stereocenters. The molecule has 0 amide bonds. The molecule has 0 saturated heterocycles. The number of nitrogens with two attached hydrogens (primary N) is 1. The summed E-state index contributed by atoms with van der Waals surface area (Å²) in [5.41, 5.74) is 8.85. The lowest BCUT2D eigenvalue weighted by molar-refractivity contribution is 0.208. The molecule has 1 aliphatic rings. The molecule has 5 nitrogen and oxygen atoms in total. The molecule has 2 atom stereocenters. The maximum atomic E-state index is 10.4. The minimum atomic E-state index is -0.862. The minimum Gasteiger partial charge on any atom is -0.508 e. The number of thioether (sulfide) groups is 1. The van der Waals surface area contributed by atoms with Gasteiger partial charge in [0.2, 0.25) is 0 Å². The second-order valence-electron chi connectivity index (χ2n) is 6.49. The van der Waals surface area contributed by atoms with Gasteiger partial charge in [-0.1, -0.05) is 42.1 Å². The van der Waals surface area contributed by atoms with E-state index in [4.69, 9.17) is 5.73 Å². The third-order valence-electron chi connectivity index (χ3n) is 4.56. The summed E-state index contributed by atoms with van der Waals surface area (Å²) in [6.07, 6.45) is 0.0701. The van der Waals surface area contributed by atoms with Crippen molar-refractivity contribution in [3.63, 3.8) is 0 Å². The average molecular weight is 357 g/mol. The van der Waals surface area contributed by atoms with E-state index >= 15 is 0 Å². The number of nitrogens with zero attached hydrogens (tertiary/aromatic N) is 1. The topological polar surface area (TPSA) is 90.9 Å². The van der Waals surface area contributed by atoms with Gasteiger partial charge in [-0.2, -0.15) is 0 Å². The van der Waals surface area contributed by atoms with Crippen molar-refractivity contribution < 1.29 is 10.2 Å². The quantitative estimate of drug-likeness (QED) is 0.629. The van der Waals surface area contributed by atoms with Gasteiger partial charge in [0.05, 0.1) is 5.54 Å². The van der Waals surface area contributed by atoms with Crippen LogP contribution in [-0.2, 0) is 5.54 Å². The van der Waals surface area contributed by atoms with Gasteiger partial charge in [-0.25, -0.2) is 0 Å². The first-order valence-electron chi connectivity index (χ1n) is 8.20. The van der Waals surface area contributed by atoms with Gasteiger partial charge in [0.25, 0.3) is 0 Å². The molecule has 1 aliphatic heterocycles. The number of hydrogen-bond acceptors (Lipinski definition) is 6. The molecule has 0 spiro atoms. The Morgan fingerprint density at radius 3 is 2.60 bits per heavy atom. The lowest BCUT2D eigenvalue weighted by Crippen LogP contribution is -2.28. The third-order valence-corrected chi connectivity index (χ3v) is 5.35. The molecule has 25 heavy (non-hydrogen) atoms. The van der Waals surface area contributed by atoms with Crippen LogP contribution < -0.4 is 11.1 Å². The zero-order chi connectivity index (χ0) is 18.0. The number of rotatable bonds is 4. The summed E-state index contributed by atoms with van der Waals surface area (Å²) in [5, 5.41) is 23.8. The van der Waals surface area contributed by atoms with Crippen LogP contribution in [0.15, 0.2) is 47.5 Å². The van der Waals surface area contributed by atoms with Crippen LogP contribution in [0, 0.1) is 6.92 Å². The van der Waals surface area contributed by atoms with Crippen molar-refractivity contribution in [3.05, 3.63) is 59.2 Å². The largest absolute Gasteiger partial charge is 0.508 e. The Balaban J connectivity index is 1.75. The van der Waals surface area contributed by atoms with Crippen LogP contribution >= 0.6 is 11.8 Å². The van der Waals surface area contributed by atoms with Crippen molar-refractivity contribution in [2.45, 2.75) is 32.0 Å². The summed E-state index contributed by atoms with van der Waals surface area (Å²) in [6.45, 7) is 3.91. The molecule has 3 rings (SSSR count). The Kier molecular flexibility index (Phi) is 4.92. The number of aliphatic imine (C=N–C) groups is 1. The Hall–Kier alpha value is -2.18. The number of anilines is 1. The molecule has 0 fully saturated rings. The maximum absolute atomic E-state index is 10.4. The predicted molar refractivity (Wildman–Crippen MR) is 104 cm³/mol. The number of amidine groups is 1. The van der Waals surface area contributed by atoms with Gasteiger partial charge in [0.15, 0.2) is 11.4 Å². The molecule has 1 heterocycles. The number of hydrogen-bond donors (Lipinski definition) is 4. The lowest BCUT2D eigenvalue weighted by atomic mass is 9.89. The van der Waals surface area contributed by atoms with E-state index in [0.717, 1.165) is 28.9 Å². The van der Waals surface area contributed by atoms with Crippen molar-refractivity contribution in [3.8, 4) is 5.75 Å². The number of nitrogens with one attached hydrogen (secondary N) is 1. The zero-order valence-corrected chi connectivity index (χ0v) is 15.2. The van der Waals surface area contributed by atoms with Gasteiger partial charge in [0, 0.05) is 23.1 Å². The van der Waals surface area contributed by atoms with Crippen molar-refractivity contribution in [2.24, 2.45) is 10.7 Å². The number of phenols is 1. The molecular weight excluding hydrogens is 334 g/mol. The molecule has 0 radical (unpaired) electrons. The van der Waals surface area contributed by atoms with E-state index in [9.17, 15) is 10.2 Å². The fourth-order valence-corrected chi connectivity index (χ4v) is 3.83. The smallest absolute Gasteiger partial charge is 0.154 e. The monoisotopic (exact) mass is 357 g/mol. The Bertz CT molecular complexity index is 792. The van der Waals surface area contributed by atoms with Crippen LogP contribution in [0.5, 0.6) is 5.75 Å². The molecule has 132 valence electrons. The summed E-state index contributed by atoms with van der Waals surface area (Å²) in [5.74, 6) is 1.15. The van der Waals surface area contributed by atoms with Crippen molar-refractivity contribution >= 4 is 22.6 Å². The lowest BCUT2D eigenvalue weighted by Gasteiger charge is -2.30. The Labute approximate surface area is 152 Å². The number of aliphatic hydroxyl groups excluding tert-OH is 1. The van der Waals surface area contributed by atoms with Crippen LogP contribution in [-0.4, -0.2) is 21.1 Å². The molecule has 0 aliphatic carbocycles. The van der Waals surface area contributed by atoms with Gasteiger partial charge in [-0.05, 0) is 37.5 Å². The number of benzene rings is 2. The maximum Gasteiger partial charge on any atom is 0.154 e. The van der Waals surface area contributed by atoms with E-state index in [1.807, 2.05) is 37.3 Å². The van der Waals surface area contributed by atoms with Crippen LogP contribution in [0.25, 0.3) is 0 Å². The fourth-order valence-electron chi connectivity index (χ4n) is 2.86. The van der Waals surface area contributed by atoms with Crippen molar-refractivity contribution in [2.75, 3.05) is 11.1 Å². The van der Waals surface area contributed by atoms with Crippen molar-refractivity contribution in [1.29, 1.82) is 0 Å². The highest BCUT2D eigenvalue weighted by molar-refractivity contribution is 8.13. The number of aliphatic hydroxyl groups is 1. The van der Waals surface area contributed by atoms with Crippen LogP contribution in [0.2, 0.25) is 0 Å². The molecule has 5 N–H and O–H groups in total. The molecular formula is C19H23N3O2S. The summed E-state index contributed by atoms with van der Waals surface area (Å²) in [4.78, 5) is 4.60. The SMILES string of the molecule is Cc1ccc(NC(O)c2ccc(C3(C)CCSC(N)=N3)cc2)cc1O. The Morgan fingerprint density at radius 2 is 1.96 bits per heavy atom. The molecule has 2 aromatic carbocycles. The third kappa shape index (κ3) is 3.91. The first kappa shape index (κ1) is 17.6. The fraction of sp³-hybridized carbons (Fsp3) is 0.316. The van der Waals surface area contributed by atoms with Crippen LogP contribution in [0.4, 0.5) is 5.69 Å². The summed E-state index contributed by atoms with van der Waals surface area (Å²) >= 11 is 1.58. The molecule has 0 bridgehead atoms. The highest BCUT2D eigenvalue weighted by Gasteiger charge is 2.29. The minimum absolute atomic E-state index is 0.200. The second-order valence-corrected chi connectivity index (χ2v) is 7.61. The first-order valence-corrected chi connectivity index (χ1v) is 9.19. The number of phenolic OH excluding ortho intramolecular Hbond substituents is 1. The zero-order valence-electron chi connectivity index (χ0n) is 14.4. The second kappa shape index (κ2) is 6.98. The summed E-state index contributed by atoms with van der Waals surface area (Å²) in [7, 11) is 0. The van der Waals surface area contributed by atoms with E-state index < -0.39 is 6.23 Å². The van der Waals surface area contributed by atoms with E-state index in [2.05, 4.69) is 17.2 Å². The highest BCUT2D eigenvalue weighted by atomic mass is 32.2. The van der Waals surface area contributed by atoms with E-state index in [-0.39, 0.29) is 11.3 Å². The van der Waals surface area contributed by atoms with Crippen LogP contribution in [0.3, 0.4) is 0 Å². The van der Waals surface area contributed by atoms with E-state index in [0.29, 0.717) is 10.9 Å². The number of aryl methyl sites for hydroxylation is 1. The summed E-state index contributed by atoms with van der Waals surface area (Å²) < 4.78 is 0. The van der Waals surface area contributed by atoms with Gasteiger partial charge in [-0.15, -0.1) is 0 Å². The van der Waals surface area contributed by atoms with Gasteiger partial charge in [-0.3, -0.25) is 4.99 Å². The van der Waals surface area contributed by atoms with Gasteiger partial charge in [0.1, 0.15) is 5.75 Å². The number of aromatic hydroxyl groups is 1. The predicted octanol–water partition coefficient (Wildman–Crippen LogP) is 3.47. The average Bonchev–Trinajstić information content (AvgIpc) is 2.58. The molecule has 2 aromatic rings. The van der Waals surface area contributed by atoms with E-state index in [1.165, 1.54) is 0 Å². The van der Waals surface area contributed by atoms with Crippen molar-refractivity contribution in [1.82, 2.24) is 0 Å². The molecule has 0 saturated carbocycles. The summed E-state index contributed by atoms with van der Waals surface area (Å²) in [6, 6.07) is 13.0. The van der Waals surface area contributed by atoms with Crippen LogP contribution in [0.1, 0.15) is 36.3 Å². The molecule has 6 heteroatoms. The standard InChI is InChI=1S/C19H23N3O2S/c1-12-3-8-15(11-16(12)23)21-17(24)13-4-6-14(7-5-13)19(2)9-10-25-18(20)22-19/h3-8,11,17,21,23-24H,9-10H2,1-2H3,(H2,20,22). The van der Waals surface area contributed by atoms with Gasteiger partial charge >= 0.3 is 0 Å².